The monoisotopic (exact) mass is 1140 g/mol. The lowest BCUT2D eigenvalue weighted by atomic mass is 10.0. The van der Waals surface area contributed by atoms with E-state index in [9.17, 15) is 14.4 Å². The summed E-state index contributed by atoms with van der Waals surface area (Å²) in [5, 5.41) is 0. The van der Waals surface area contributed by atoms with Crippen LogP contribution in [0.4, 0.5) is 0 Å². The van der Waals surface area contributed by atoms with Crippen molar-refractivity contribution in [3.63, 3.8) is 0 Å². The van der Waals surface area contributed by atoms with Crippen molar-refractivity contribution in [2.45, 2.75) is 399 Å². The van der Waals surface area contributed by atoms with Crippen molar-refractivity contribution in [1.82, 2.24) is 0 Å². The SMILES string of the molecule is CCCCCCC/C=C\C/C=C\C/C=C\CCCCCCCCCCCCCCCCCCCCC(=O)OCC(COC(=O)CCCCCCCCC)OC(=O)CCCCCCCCCCCCC/C=C\CCCCCCCCCC. The van der Waals surface area contributed by atoms with Gasteiger partial charge in [-0.2, -0.15) is 0 Å². The lowest BCUT2D eigenvalue weighted by molar-refractivity contribution is -0.167. The van der Waals surface area contributed by atoms with Gasteiger partial charge in [0.25, 0.3) is 0 Å². The van der Waals surface area contributed by atoms with Gasteiger partial charge in [-0.15, -0.1) is 0 Å². The highest BCUT2D eigenvalue weighted by molar-refractivity contribution is 5.71. The zero-order valence-corrected chi connectivity index (χ0v) is 54.6. The molecular weight excluding hydrogens is 997 g/mol. The number of allylic oxidation sites excluding steroid dienone is 8. The van der Waals surface area contributed by atoms with Crippen molar-refractivity contribution < 1.29 is 28.6 Å². The summed E-state index contributed by atoms with van der Waals surface area (Å²) in [5.74, 6) is -0.851. The molecule has 0 aromatic carbocycles. The number of carbonyl (C=O) groups excluding carboxylic acids is 3. The Kier molecular flexibility index (Phi) is 67.6. The van der Waals surface area contributed by atoms with E-state index in [-0.39, 0.29) is 31.1 Å². The van der Waals surface area contributed by atoms with Crippen LogP contribution >= 0.6 is 0 Å². The normalized spacial score (nSPS) is 12.3. The topological polar surface area (TPSA) is 78.9 Å². The fourth-order valence-corrected chi connectivity index (χ4v) is 10.9. The summed E-state index contributed by atoms with van der Waals surface area (Å²) < 4.78 is 16.9. The third-order valence-corrected chi connectivity index (χ3v) is 16.3. The molecule has 0 saturated heterocycles. The molecule has 0 aliphatic heterocycles. The van der Waals surface area contributed by atoms with E-state index in [1.54, 1.807) is 0 Å². The lowest BCUT2D eigenvalue weighted by Crippen LogP contribution is -2.30. The minimum Gasteiger partial charge on any atom is -0.462 e. The Morgan fingerprint density at radius 3 is 0.704 bits per heavy atom. The standard InChI is InChI=1S/C75H138O6/c1-4-7-10-13-16-18-20-22-24-26-28-30-32-33-34-35-36-37-38-39-40-41-43-44-46-48-50-52-54-56-59-62-65-68-74(77)80-71-72(70-79-73(76)67-64-61-58-15-12-9-6-3)81-75(78)69-66-63-60-57-55-53-51-49-47-45-42-31-29-27-25-23-21-19-17-14-11-8-5-2/h20,22,26-29,32-33,72H,4-19,21,23-25,30-31,34-71H2,1-3H3/b22-20-,28-26-,29-27-,33-32-. The van der Waals surface area contributed by atoms with Gasteiger partial charge in [-0.3, -0.25) is 14.4 Å². The highest BCUT2D eigenvalue weighted by atomic mass is 16.6. The fourth-order valence-electron chi connectivity index (χ4n) is 10.9. The van der Waals surface area contributed by atoms with Crippen LogP contribution in [0.5, 0.6) is 0 Å². The molecule has 0 heterocycles. The van der Waals surface area contributed by atoms with E-state index in [4.69, 9.17) is 14.2 Å². The van der Waals surface area contributed by atoms with Crippen LogP contribution in [-0.2, 0) is 28.6 Å². The summed E-state index contributed by atoms with van der Waals surface area (Å²) >= 11 is 0. The minimum absolute atomic E-state index is 0.0682. The first-order valence-corrected chi connectivity index (χ1v) is 36.1. The average molecular weight is 1140 g/mol. The van der Waals surface area contributed by atoms with Crippen molar-refractivity contribution in [2.75, 3.05) is 13.2 Å². The van der Waals surface area contributed by atoms with E-state index in [0.29, 0.717) is 19.3 Å². The van der Waals surface area contributed by atoms with Gasteiger partial charge in [0.1, 0.15) is 13.2 Å². The van der Waals surface area contributed by atoms with Gasteiger partial charge in [0.15, 0.2) is 6.10 Å². The number of hydrogen-bond acceptors (Lipinski definition) is 6. The third-order valence-electron chi connectivity index (χ3n) is 16.3. The zero-order chi connectivity index (χ0) is 58.5. The van der Waals surface area contributed by atoms with Crippen LogP contribution in [0.2, 0.25) is 0 Å². The van der Waals surface area contributed by atoms with Gasteiger partial charge in [0, 0.05) is 19.3 Å². The molecule has 1 unspecified atom stereocenters. The predicted molar refractivity (Wildman–Crippen MR) is 353 cm³/mol. The molecule has 0 amide bonds. The highest BCUT2D eigenvalue weighted by Crippen LogP contribution is 2.18. The summed E-state index contributed by atoms with van der Waals surface area (Å²) in [7, 11) is 0. The van der Waals surface area contributed by atoms with Gasteiger partial charge in [0.2, 0.25) is 0 Å². The van der Waals surface area contributed by atoms with E-state index in [1.165, 1.54) is 283 Å². The molecule has 0 aliphatic rings. The van der Waals surface area contributed by atoms with Gasteiger partial charge in [-0.1, -0.05) is 339 Å². The Hall–Kier alpha value is -2.63. The Labute approximate surface area is 505 Å². The van der Waals surface area contributed by atoms with E-state index in [1.807, 2.05) is 0 Å². The molecule has 0 bridgehead atoms. The van der Waals surface area contributed by atoms with Crippen LogP contribution in [0, 0.1) is 0 Å². The molecule has 0 N–H and O–H groups in total. The van der Waals surface area contributed by atoms with Crippen LogP contribution in [0.15, 0.2) is 48.6 Å². The Morgan fingerprint density at radius 1 is 0.247 bits per heavy atom. The molecule has 6 heteroatoms. The number of esters is 3. The first kappa shape index (κ1) is 78.4. The molecule has 474 valence electrons. The van der Waals surface area contributed by atoms with Gasteiger partial charge in [-0.25, -0.2) is 0 Å². The summed E-state index contributed by atoms with van der Waals surface area (Å²) in [5.41, 5.74) is 0. The van der Waals surface area contributed by atoms with E-state index in [2.05, 4.69) is 69.4 Å². The predicted octanol–water partition coefficient (Wildman–Crippen LogP) is 24.9. The van der Waals surface area contributed by atoms with Crippen LogP contribution in [-0.4, -0.2) is 37.2 Å². The molecule has 1 atom stereocenters. The van der Waals surface area contributed by atoms with Gasteiger partial charge >= 0.3 is 17.9 Å². The molecule has 0 aliphatic carbocycles. The maximum absolute atomic E-state index is 12.9. The second-order valence-corrected chi connectivity index (χ2v) is 24.5. The maximum Gasteiger partial charge on any atom is 0.306 e. The molecule has 0 saturated carbocycles. The lowest BCUT2D eigenvalue weighted by Gasteiger charge is -2.18. The van der Waals surface area contributed by atoms with Gasteiger partial charge < -0.3 is 14.2 Å². The van der Waals surface area contributed by atoms with Crippen molar-refractivity contribution in [3.8, 4) is 0 Å². The van der Waals surface area contributed by atoms with Crippen LogP contribution in [0.25, 0.3) is 0 Å². The smallest absolute Gasteiger partial charge is 0.306 e. The summed E-state index contributed by atoms with van der Waals surface area (Å²) in [4.78, 5) is 38.2. The second-order valence-electron chi connectivity index (χ2n) is 24.5. The average Bonchev–Trinajstić information content (AvgIpc) is 3.47. The van der Waals surface area contributed by atoms with Gasteiger partial charge in [-0.05, 0) is 83.5 Å². The maximum atomic E-state index is 12.9. The number of rotatable bonds is 67. The van der Waals surface area contributed by atoms with Gasteiger partial charge in [0.05, 0.1) is 0 Å². The van der Waals surface area contributed by atoms with Crippen molar-refractivity contribution in [1.29, 1.82) is 0 Å². The largest absolute Gasteiger partial charge is 0.462 e. The molecule has 0 aromatic heterocycles. The van der Waals surface area contributed by atoms with Crippen molar-refractivity contribution >= 4 is 17.9 Å². The third kappa shape index (κ3) is 68.0. The second kappa shape index (κ2) is 69.9. The molecule has 81 heavy (non-hydrogen) atoms. The van der Waals surface area contributed by atoms with Crippen LogP contribution < -0.4 is 0 Å². The fraction of sp³-hybridized carbons (Fsp3) is 0.853. The quantitative estimate of drug-likeness (QED) is 0.0261. The van der Waals surface area contributed by atoms with Crippen LogP contribution in [0.3, 0.4) is 0 Å². The minimum atomic E-state index is -0.769. The Morgan fingerprint density at radius 2 is 0.444 bits per heavy atom. The van der Waals surface area contributed by atoms with E-state index >= 15 is 0 Å². The molecule has 0 spiro atoms. The first-order valence-electron chi connectivity index (χ1n) is 36.1. The Balaban J connectivity index is 4.00. The highest BCUT2D eigenvalue weighted by Gasteiger charge is 2.19. The number of unbranched alkanes of at least 4 members (excludes halogenated alkanes) is 48. The number of carbonyl (C=O) groups is 3. The summed E-state index contributed by atoms with van der Waals surface area (Å²) in [6, 6.07) is 0. The van der Waals surface area contributed by atoms with E-state index in [0.717, 1.165) is 70.6 Å². The molecule has 6 nitrogen and oxygen atoms in total. The van der Waals surface area contributed by atoms with Crippen molar-refractivity contribution in [2.24, 2.45) is 0 Å². The van der Waals surface area contributed by atoms with E-state index < -0.39 is 6.10 Å². The molecule has 0 aromatic rings. The summed E-state index contributed by atoms with van der Waals surface area (Å²) in [6.07, 6.45) is 89.0. The summed E-state index contributed by atoms with van der Waals surface area (Å²) in [6.45, 7) is 6.65. The molecule has 0 rings (SSSR count). The Bertz CT molecular complexity index is 1400. The number of ether oxygens (including phenoxy) is 3. The molecule has 0 fully saturated rings. The van der Waals surface area contributed by atoms with Crippen LogP contribution in [0.1, 0.15) is 393 Å². The number of hydrogen-bond donors (Lipinski definition) is 0. The first-order chi connectivity index (χ1) is 40.0. The van der Waals surface area contributed by atoms with Crippen molar-refractivity contribution in [3.05, 3.63) is 48.6 Å². The molecule has 0 radical (unpaired) electrons. The zero-order valence-electron chi connectivity index (χ0n) is 54.6. The molecular formula is C75H138O6.